The molecular formula is C20H23FN8. The van der Waals surface area contributed by atoms with E-state index in [1.807, 2.05) is 24.5 Å². The number of rotatable bonds is 4. The normalized spacial score (nSPS) is 17.2. The number of hydrogen-bond donors (Lipinski definition) is 2. The van der Waals surface area contributed by atoms with Crippen molar-refractivity contribution in [3.8, 4) is 11.3 Å². The van der Waals surface area contributed by atoms with Gasteiger partial charge in [0.15, 0.2) is 5.65 Å². The van der Waals surface area contributed by atoms with Gasteiger partial charge in [-0.2, -0.15) is 10.1 Å². The van der Waals surface area contributed by atoms with Crippen LogP contribution in [-0.2, 0) is 0 Å². The minimum Gasteiger partial charge on any atom is -0.351 e. The third-order valence-corrected chi connectivity index (χ3v) is 5.56. The molecule has 2 N–H and O–H groups in total. The van der Waals surface area contributed by atoms with Crippen LogP contribution < -0.4 is 5.32 Å². The molecule has 1 saturated heterocycles. The largest absolute Gasteiger partial charge is 0.351 e. The molecule has 29 heavy (non-hydrogen) atoms. The summed E-state index contributed by atoms with van der Waals surface area (Å²) in [6.45, 7) is 3.64. The molecule has 4 aromatic heterocycles. The minimum absolute atomic E-state index is 0.393. The number of alkyl halides is 1. The fraction of sp³-hybridized carbons (Fsp3) is 0.400. The highest BCUT2D eigenvalue weighted by Crippen LogP contribution is 2.28. The molecule has 1 aliphatic heterocycles. The fourth-order valence-corrected chi connectivity index (χ4v) is 3.83. The Morgan fingerprint density at radius 1 is 1.21 bits per heavy atom. The van der Waals surface area contributed by atoms with Crippen molar-refractivity contribution in [2.75, 3.05) is 25.5 Å². The van der Waals surface area contributed by atoms with Crippen LogP contribution >= 0.6 is 0 Å². The summed E-state index contributed by atoms with van der Waals surface area (Å²) >= 11 is 0. The minimum atomic E-state index is -1.15. The lowest BCUT2D eigenvalue weighted by Crippen LogP contribution is -2.37. The van der Waals surface area contributed by atoms with E-state index in [0.29, 0.717) is 29.0 Å². The van der Waals surface area contributed by atoms with Crippen molar-refractivity contribution < 1.29 is 4.39 Å². The highest BCUT2D eigenvalue weighted by molar-refractivity contribution is 5.92. The summed E-state index contributed by atoms with van der Waals surface area (Å²) in [4.78, 5) is 18.9. The number of aromatic amines is 1. The van der Waals surface area contributed by atoms with Crippen LogP contribution in [0.1, 0.15) is 31.6 Å². The molecule has 0 radical (unpaired) electrons. The Hall–Kier alpha value is -3.07. The van der Waals surface area contributed by atoms with Gasteiger partial charge in [0.1, 0.15) is 11.8 Å². The molecule has 1 atom stereocenters. The summed E-state index contributed by atoms with van der Waals surface area (Å²) in [5, 5.41) is 8.91. The van der Waals surface area contributed by atoms with Crippen molar-refractivity contribution in [2.24, 2.45) is 0 Å². The third kappa shape index (κ3) is 3.31. The average Bonchev–Trinajstić information content (AvgIpc) is 3.33. The number of likely N-dealkylation sites (tertiary alicyclic amines) is 1. The standard InChI is InChI=1S/C20H23FN8/c1-12(21)17-11-22-18-4-3-16(27-29(17)18)14-9-23-19-15(14)10-24-20(26-19)25-13-5-7-28(2)8-6-13/h3-4,9-13H,5-8H2,1-2H3,(H2,23,24,25,26). The quantitative estimate of drug-likeness (QED) is 0.553. The molecule has 4 aromatic rings. The molecule has 9 heteroatoms. The fourth-order valence-electron chi connectivity index (χ4n) is 3.83. The first-order valence-corrected chi connectivity index (χ1v) is 9.87. The highest BCUT2D eigenvalue weighted by atomic mass is 19.1. The lowest BCUT2D eigenvalue weighted by molar-refractivity contribution is 0.263. The van der Waals surface area contributed by atoms with Gasteiger partial charge in [-0.05, 0) is 52.0 Å². The number of anilines is 1. The molecule has 5 heterocycles. The lowest BCUT2D eigenvalue weighted by atomic mass is 10.1. The average molecular weight is 394 g/mol. The molecule has 0 bridgehead atoms. The predicted molar refractivity (Wildman–Crippen MR) is 110 cm³/mol. The lowest BCUT2D eigenvalue weighted by Gasteiger charge is -2.29. The molecule has 1 fully saturated rings. The van der Waals surface area contributed by atoms with Gasteiger partial charge in [-0.3, -0.25) is 0 Å². The first kappa shape index (κ1) is 18.0. The Morgan fingerprint density at radius 2 is 2.03 bits per heavy atom. The Morgan fingerprint density at radius 3 is 2.83 bits per heavy atom. The van der Waals surface area contributed by atoms with E-state index in [9.17, 15) is 4.39 Å². The van der Waals surface area contributed by atoms with Gasteiger partial charge < -0.3 is 15.2 Å². The second kappa shape index (κ2) is 7.07. The number of nitrogens with zero attached hydrogens (tertiary/aromatic N) is 6. The van der Waals surface area contributed by atoms with Gasteiger partial charge in [-0.25, -0.2) is 18.9 Å². The van der Waals surface area contributed by atoms with Crippen LogP contribution in [0.25, 0.3) is 27.9 Å². The number of nitrogens with one attached hydrogen (secondary N) is 2. The predicted octanol–water partition coefficient (Wildman–Crippen LogP) is 3.20. The van der Waals surface area contributed by atoms with E-state index < -0.39 is 6.17 Å². The highest BCUT2D eigenvalue weighted by Gasteiger charge is 2.18. The number of hydrogen-bond acceptors (Lipinski definition) is 6. The molecule has 5 rings (SSSR count). The number of aromatic nitrogens is 6. The van der Waals surface area contributed by atoms with Crippen LogP contribution in [0.2, 0.25) is 0 Å². The topological polar surface area (TPSA) is 87.0 Å². The van der Waals surface area contributed by atoms with E-state index in [2.05, 4.69) is 42.3 Å². The van der Waals surface area contributed by atoms with Crippen LogP contribution in [0.3, 0.4) is 0 Å². The van der Waals surface area contributed by atoms with Gasteiger partial charge in [-0.15, -0.1) is 0 Å². The summed E-state index contributed by atoms with van der Waals surface area (Å²) in [5.41, 5.74) is 3.38. The SMILES string of the molecule is CC(F)c1cnc2ccc(-c3c[nH]c4nc(NC5CCN(C)CC5)ncc34)nn12. The smallest absolute Gasteiger partial charge is 0.224 e. The maximum atomic E-state index is 13.8. The summed E-state index contributed by atoms with van der Waals surface area (Å²) in [5.74, 6) is 0.631. The van der Waals surface area contributed by atoms with Gasteiger partial charge in [0.2, 0.25) is 5.95 Å². The van der Waals surface area contributed by atoms with Crippen LogP contribution in [0.4, 0.5) is 10.3 Å². The molecule has 1 aliphatic rings. The Kier molecular flexibility index (Phi) is 4.39. The van der Waals surface area contributed by atoms with Gasteiger partial charge in [-0.1, -0.05) is 0 Å². The zero-order chi connectivity index (χ0) is 20.0. The number of piperidine rings is 1. The van der Waals surface area contributed by atoms with Crippen molar-refractivity contribution in [3.05, 3.63) is 36.4 Å². The maximum absolute atomic E-state index is 13.8. The first-order chi connectivity index (χ1) is 14.1. The second-order valence-corrected chi connectivity index (χ2v) is 7.67. The van der Waals surface area contributed by atoms with E-state index in [4.69, 9.17) is 0 Å². The van der Waals surface area contributed by atoms with E-state index in [-0.39, 0.29) is 0 Å². The number of halogens is 1. The molecule has 1 unspecified atom stereocenters. The molecule has 0 aromatic carbocycles. The molecular weight excluding hydrogens is 371 g/mol. The number of imidazole rings is 1. The van der Waals surface area contributed by atoms with Crippen molar-refractivity contribution in [3.63, 3.8) is 0 Å². The first-order valence-electron chi connectivity index (χ1n) is 9.87. The molecule has 150 valence electrons. The van der Waals surface area contributed by atoms with Gasteiger partial charge in [0, 0.05) is 29.4 Å². The van der Waals surface area contributed by atoms with Crippen LogP contribution in [0.15, 0.2) is 30.7 Å². The zero-order valence-electron chi connectivity index (χ0n) is 16.4. The summed E-state index contributed by atoms with van der Waals surface area (Å²) in [6, 6.07) is 4.11. The summed E-state index contributed by atoms with van der Waals surface area (Å²) in [6.07, 6.45) is 6.21. The Labute approximate surface area is 167 Å². The van der Waals surface area contributed by atoms with Crippen molar-refractivity contribution >= 4 is 22.6 Å². The molecule has 0 aliphatic carbocycles. The van der Waals surface area contributed by atoms with E-state index in [1.54, 1.807) is 4.52 Å². The van der Waals surface area contributed by atoms with E-state index >= 15 is 0 Å². The maximum Gasteiger partial charge on any atom is 0.224 e. The molecule has 0 saturated carbocycles. The van der Waals surface area contributed by atoms with Crippen LogP contribution in [0, 0.1) is 0 Å². The summed E-state index contributed by atoms with van der Waals surface area (Å²) in [7, 11) is 2.14. The third-order valence-electron chi connectivity index (χ3n) is 5.56. The molecule has 0 amide bonds. The van der Waals surface area contributed by atoms with Crippen LogP contribution in [0.5, 0.6) is 0 Å². The van der Waals surface area contributed by atoms with Gasteiger partial charge in [0.05, 0.1) is 17.6 Å². The number of H-pyrrole nitrogens is 1. The zero-order valence-corrected chi connectivity index (χ0v) is 16.4. The summed E-state index contributed by atoms with van der Waals surface area (Å²) < 4.78 is 15.4. The van der Waals surface area contributed by atoms with Gasteiger partial charge in [0.25, 0.3) is 0 Å². The van der Waals surface area contributed by atoms with Crippen molar-refractivity contribution in [2.45, 2.75) is 32.0 Å². The van der Waals surface area contributed by atoms with E-state index in [0.717, 1.165) is 42.5 Å². The molecule has 0 spiro atoms. The van der Waals surface area contributed by atoms with Gasteiger partial charge >= 0.3 is 0 Å². The van der Waals surface area contributed by atoms with Crippen molar-refractivity contribution in [1.82, 2.24) is 34.4 Å². The number of fused-ring (bicyclic) bond motifs is 2. The molecule has 8 nitrogen and oxygen atoms in total. The monoisotopic (exact) mass is 394 g/mol. The Bertz CT molecular complexity index is 1160. The van der Waals surface area contributed by atoms with Crippen LogP contribution in [-0.4, -0.2) is 60.6 Å². The Balaban J connectivity index is 1.45. The van der Waals surface area contributed by atoms with E-state index in [1.165, 1.54) is 13.1 Å². The second-order valence-electron chi connectivity index (χ2n) is 7.67. The van der Waals surface area contributed by atoms with Crippen molar-refractivity contribution in [1.29, 1.82) is 0 Å².